The van der Waals surface area contributed by atoms with Crippen LogP contribution in [-0.2, 0) is 19.1 Å². The highest BCUT2D eigenvalue weighted by atomic mass is 16.5. The minimum Gasteiger partial charge on any atom is -0.469 e. The number of rotatable bonds is 2. The van der Waals surface area contributed by atoms with Gasteiger partial charge >= 0.3 is 5.97 Å². The molecule has 0 radical (unpaired) electrons. The van der Waals surface area contributed by atoms with Gasteiger partial charge in [0.05, 0.1) is 13.0 Å². The molecule has 1 aliphatic rings. The third-order valence-electron chi connectivity index (χ3n) is 2.63. The van der Waals surface area contributed by atoms with Crippen molar-refractivity contribution in [1.82, 2.24) is 0 Å². The topological polar surface area (TPSA) is 60.4 Å². The molecule has 0 aromatic rings. The Bertz CT molecular complexity index is 269. The van der Waals surface area contributed by atoms with Crippen LogP contribution in [0.25, 0.3) is 0 Å². The summed E-state index contributed by atoms with van der Waals surface area (Å²) < 4.78 is 4.56. The van der Waals surface area contributed by atoms with Crippen molar-refractivity contribution in [1.29, 1.82) is 0 Å². The number of hydrogen-bond acceptors (Lipinski definition) is 4. The zero-order chi connectivity index (χ0) is 10.7. The molecule has 0 aromatic heterocycles. The Balaban J connectivity index is 2.67. The number of carbonyl (C=O) groups excluding carboxylic acids is 3. The summed E-state index contributed by atoms with van der Waals surface area (Å²) in [5.74, 6) is -1.14. The highest BCUT2D eigenvalue weighted by molar-refractivity contribution is 5.91. The molecule has 1 fully saturated rings. The predicted octanol–water partition coefficient (Wildman–Crippen LogP) is 0.734. The van der Waals surface area contributed by atoms with Crippen LogP contribution in [0.5, 0.6) is 0 Å². The van der Waals surface area contributed by atoms with Crippen LogP contribution in [0, 0.1) is 11.8 Å². The van der Waals surface area contributed by atoms with Crippen LogP contribution in [-0.4, -0.2) is 24.6 Å². The first kappa shape index (κ1) is 10.9. The minimum absolute atomic E-state index is 0.0213. The molecule has 78 valence electrons. The van der Waals surface area contributed by atoms with Gasteiger partial charge in [-0.1, -0.05) is 0 Å². The predicted molar refractivity (Wildman–Crippen MR) is 48.5 cm³/mol. The molecule has 0 spiro atoms. The van der Waals surface area contributed by atoms with Crippen LogP contribution in [0.2, 0.25) is 0 Å². The summed E-state index contributed by atoms with van der Waals surface area (Å²) in [6.45, 7) is 1.46. The Labute approximate surface area is 82.6 Å². The van der Waals surface area contributed by atoms with Crippen molar-refractivity contribution in [3.05, 3.63) is 0 Å². The van der Waals surface area contributed by atoms with Crippen molar-refractivity contribution in [3.8, 4) is 0 Å². The number of methoxy groups -OCH3 is 1. The van der Waals surface area contributed by atoms with Crippen molar-refractivity contribution < 1.29 is 19.1 Å². The van der Waals surface area contributed by atoms with Gasteiger partial charge in [0.2, 0.25) is 0 Å². The summed E-state index contributed by atoms with van der Waals surface area (Å²) in [4.78, 5) is 33.5. The van der Waals surface area contributed by atoms with Crippen molar-refractivity contribution in [2.75, 3.05) is 7.11 Å². The van der Waals surface area contributed by atoms with Gasteiger partial charge in [0.15, 0.2) is 0 Å². The van der Waals surface area contributed by atoms with Gasteiger partial charge in [-0.25, -0.2) is 0 Å². The van der Waals surface area contributed by atoms with E-state index in [4.69, 9.17) is 0 Å². The van der Waals surface area contributed by atoms with Gasteiger partial charge in [0.1, 0.15) is 11.6 Å². The molecule has 0 N–H and O–H groups in total. The van der Waals surface area contributed by atoms with E-state index < -0.39 is 5.92 Å². The third-order valence-corrected chi connectivity index (χ3v) is 2.63. The zero-order valence-corrected chi connectivity index (χ0v) is 8.41. The lowest BCUT2D eigenvalue weighted by Gasteiger charge is -2.24. The van der Waals surface area contributed by atoms with Gasteiger partial charge in [0, 0.05) is 18.8 Å². The lowest BCUT2D eigenvalue weighted by molar-refractivity contribution is -0.150. The van der Waals surface area contributed by atoms with E-state index in [0.29, 0.717) is 6.42 Å². The molecule has 14 heavy (non-hydrogen) atoms. The summed E-state index contributed by atoms with van der Waals surface area (Å²) in [7, 11) is 1.30. The number of carbonyl (C=O) groups is 3. The van der Waals surface area contributed by atoms with Gasteiger partial charge in [0.25, 0.3) is 0 Å². The van der Waals surface area contributed by atoms with E-state index in [1.165, 1.54) is 14.0 Å². The Morgan fingerprint density at radius 1 is 1.29 bits per heavy atom. The lowest BCUT2D eigenvalue weighted by Crippen LogP contribution is -2.31. The van der Waals surface area contributed by atoms with Gasteiger partial charge < -0.3 is 4.74 Å². The molecule has 2 atom stereocenters. The van der Waals surface area contributed by atoms with E-state index in [9.17, 15) is 14.4 Å². The smallest absolute Gasteiger partial charge is 0.309 e. The van der Waals surface area contributed by atoms with E-state index in [1.807, 2.05) is 0 Å². The van der Waals surface area contributed by atoms with Gasteiger partial charge in [-0.05, 0) is 13.3 Å². The average Bonchev–Trinajstić information content (AvgIpc) is 2.15. The van der Waals surface area contributed by atoms with Crippen LogP contribution in [0.15, 0.2) is 0 Å². The second kappa shape index (κ2) is 4.35. The van der Waals surface area contributed by atoms with Crippen molar-refractivity contribution in [2.24, 2.45) is 11.8 Å². The molecule has 0 heterocycles. The molecule has 0 aromatic carbocycles. The van der Waals surface area contributed by atoms with Gasteiger partial charge in [-0.2, -0.15) is 0 Å². The summed E-state index contributed by atoms with van der Waals surface area (Å²) in [6.07, 6.45) is 0.951. The number of ether oxygens (including phenoxy) is 1. The first-order valence-corrected chi connectivity index (χ1v) is 4.64. The molecular formula is C10H14O4. The normalized spacial score (nSPS) is 27.1. The van der Waals surface area contributed by atoms with Gasteiger partial charge in [-0.3, -0.25) is 14.4 Å². The molecule has 0 aliphatic heterocycles. The standard InChI is InChI=1S/C10H14O4/c1-6(11)7-3-8(10(13)14-2)5-9(12)4-7/h7-8H,3-5H2,1-2H3. The Kier molecular flexibility index (Phi) is 3.38. The van der Waals surface area contributed by atoms with Crippen LogP contribution >= 0.6 is 0 Å². The van der Waals surface area contributed by atoms with Crippen LogP contribution in [0.3, 0.4) is 0 Å². The maximum Gasteiger partial charge on any atom is 0.309 e. The van der Waals surface area contributed by atoms with E-state index >= 15 is 0 Å². The maximum absolute atomic E-state index is 11.2. The lowest BCUT2D eigenvalue weighted by atomic mass is 9.79. The Hall–Kier alpha value is -1.19. The highest BCUT2D eigenvalue weighted by Gasteiger charge is 2.34. The number of Topliss-reactive ketones (excluding diaryl/α,β-unsaturated/α-hetero) is 2. The van der Waals surface area contributed by atoms with E-state index in [1.54, 1.807) is 0 Å². The molecular weight excluding hydrogens is 184 g/mol. The Morgan fingerprint density at radius 2 is 1.86 bits per heavy atom. The van der Waals surface area contributed by atoms with E-state index in [0.717, 1.165) is 0 Å². The Morgan fingerprint density at radius 3 is 2.36 bits per heavy atom. The molecule has 4 nitrogen and oxygen atoms in total. The second-order valence-corrected chi connectivity index (χ2v) is 3.71. The van der Waals surface area contributed by atoms with Crippen LogP contribution in [0.4, 0.5) is 0 Å². The fourth-order valence-corrected chi connectivity index (χ4v) is 1.80. The fourth-order valence-electron chi connectivity index (χ4n) is 1.80. The van der Waals surface area contributed by atoms with E-state index in [-0.39, 0.29) is 36.3 Å². The zero-order valence-electron chi connectivity index (χ0n) is 8.41. The molecule has 1 aliphatic carbocycles. The number of hydrogen-bond donors (Lipinski definition) is 0. The van der Waals surface area contributed by atoms with Crippen molar-refractivity contribution >= 4 is 17.5 Å². The number of ketones is 2. The number of esters is 1. The van der Waals surface area contributed by atoms with Crippen LogP contribution in [0.1, 0.15) is 26.2 Å². The maximum atomic E-state index is 11.2. The van der Waals surface area contributed by atoms with Crippen LogP contribution < -0.4 is 0 Å². The quantitative estimate of drug-likeness (QED) is 0.614. The summed E-state index contributed by atoms with van der Waals surface area (Å²) in [5, 5.41) is 0. The largest absolute Gasteiger partial charge is 0.469 e. The van der Waals surface area contributed by atoms with Crippen molar-refractivity contribution in [3.63, 3.8) is 0 Å². The molecule has 4 heteroatoms. The first-order valence-electron chi connectivity index (χ1n) is 4.64. The average molecular weight is 198 g/mol. The SMILES string of the molecule is COC(=O)C1CC(=O)CC(C(C)=O)C1. The molecule has 0 saturated heterocycles. The fraction of sp³-hybridized carbons (Fsp3) is 0.700. The third kappa shape index (κ3) is 2.40. The highest BCUT2D eigenvalue weighted by Crippen LogP contribution is 2.28. The molecule has 0 bridgehead atoms. The first-order chi connectivity index (χ1) is 6.54. The minimum atomic E-state index is -0.421. The second-order valence-electron chi connectivity index (χ2n) is 3.71. The molecule has 0 amide bonds. The van der Waals surface area contributed by atoms with Crippen molar-refractivity contribution in [2.45, 2.75) is 26.2 Å². The molecule has 1 saturated carbocycles. The summed E-state index contributed by atoms with van der Waals surface area (Å²) >= 11 is 0. The van der Waals surface area contributed by atoms with Gasteiger partial charge in [-0.15, -0.1) is 0 Å². The monoisotopic (exact) mass is 198 g/mol. The molecule has 2 unspecified atom stereocenters. The van der Waals surface area contributed by atoms with E-state index in [2.05, 4.69) is 4.74 Å². The molecule has 1 rings (SSSR count). The summed E-state index contributed by atoms with van der Waals surface area (Å²) in [6, 6.07) is 0. The summed E-state index contributed by atoms with van der Waals surface area (Å²) in [5.41, 5.74) is 0.